The third-order valence-electron chi connectivity index (χ3n) is 4.72. The molecule has 0 aliphatic rings. The summed E-state index contributed by atoms with van der Waals surface area (Å²) in [6.45, 7) is 9.73. The number of esters is 1. The molecule has 0 spiro atoms. The second-order valence-corrected chi connectivity index (χ2v) is 7.79. The minimum absolute atomic E-state index is 0.0124. The molecule has 1 heterocycles. The van der Waals surface area contributed by atoms with Gasteiger partial charge in [0.2, 0.25) is 11.5 Å². The Morgan fingerprint density at radius 2 is 1.63 bits per heavy atom. The number of aryl methyl sites for hydroxylation is 1. The van der Waals surface area contributed by atoms with Gasteiger partial charge in [0.15, 0.2) is 6.10 Å². The molecule has 0 unspecified atom stereocenters. The third-order valence-corrected chi connectivity index (χ3v) is 4.72. The Bertz CT molecular complexity index is 987. The summed E-state index contributed by atoms with van der Waals surface area (Å²) in [4.78, 5) is 25.1. The fraction of sp³-hybridized carbons (Fsp3) is 0.304. The predicted octanol–water partition coefficient (Wildman–Crippen LogP) is 5.47. The number of ketones is 1. The number of hydrogen-bond donors (Lipinski definition) is 0. The van der Waals surface area contributed by atoms with Crippen LogP contribution in [-0.2, 0) is 10.2 Å². The Morgan fingerprint density at radius 3 is 2.22 bits per heavy atom. The van der Waals surface area contributed by atoms with E-state index in [1.807, 2.05) is 30.3 Å². The molecule has 3 aromatic rings. The van der Waals surface area contributed by atoms with Crippen LogP contribution in [-0.4, -0.2) is 17.9 Å². The van der Waals surface area contributed by atoms with Crippen LogP contribution in [0.25, 0.3) is 11.0 Å². The molecule has 1 aromatic heterocycles. The summed E-state index contributed by atoms with van der Waals surface area (Å²) in [6.07, 6.45) is -0.898. The van der Waals surface area contributed by atoms with E-state index in [0.717, 1.165) is 10.9 Å². The van der Waals surface area contributed by atoms with Crippen molar-refractivity contribution in [3.05, 3.63) is 71.0 Å². The van der Waals surface area contributed by atoms with E-state index in [4.69, 9.17) is 9.15 Å². The van der Waals surface area contributed by atoms with Gasteiger partial charge in [-0.3, -0.25) is 4.79 Å². The summed E-state index contributed by atoms with van der Waals surface area (Å²) in [5, 5.41) is 0.862. The van der Waals surface area contributed by atoms with E-state index >= 15 is 0 Å². The lowest BCUT2D eigenvalue weighted by molar-refractivity contribution is 0.0290. The van der Waals surface area contributed by atoms with Crippen LogP contribution < -0.4 is 0 Å². The molecule has 27 heavy (non-hydrogen) atoms. The highest BCUT2D eigenvalue weighted by molar-refractivity contribution is 6.02. The fourth-order valence-electron chi connectivity index (χ4n) is 3.01. The molecule has 0 N–H and O–H groups in total. The van der Waals surface area contributed by atoms with Crippen molar-refractivity contribution in [2.75, 3.05) is 0 Å². The second kappa shape index (κ2) is 7.03. The van der Waals surface area contributed by atoms with Crippen LogP contribution in [0.4, 0.5) is 0 Å². The molecule has 0 aliphatic carbocycles. The Labute approximate surface area is 159 Å². The van der Waals surface area contributed by atoms with E-state index in [9.17, 15) is 9.59 Å². The van der Waals surface area contributed by atoms with E-state index in [-0.39, 0.29) is 17.0 Å². The van der Waals surface area contributed by atoms with Crippen molar-refractivity contribution in [2.24, 2.45) is 0 Å². The lowest BCUT2D eigenvalue weighted by Gasteiger charge is -2.19. The van der Waals surface area contributed by atoms with Gasteiger partial charge in [-0.1, -0.05) is 63.2 Å². The van der Waals surface area contributed by atoms with Crippen molar-refractivity contribution in [3.8, 4) is 0 Å². The van der Waals surface area contributed by atoms with E-state index < -0.39 is 12.1 Å². The molecular weight excluding hydrogens is 340 g/mol. The Hall–Kier alpha value is -2.88. The van der Waals surface area contributed by atoms with Gasteiger partial charge in [0.25, 0.3) is 0 Å². The molecule has 0 aliphatic heterocycles. The quantitative estimate of drug-likeness (QED) is 0.455. The third kappa shape index (κ3) is 3.80. The molecular formula is C23H24O4. The molecule has 3 rings (SSSR count). The van der Waals surface area contributed by atoms with Crippen LogP contribution in [0, 0.1) is 6.92 Å². The first-order chi connectivity index (χ1) is 12.7. The Balaban J connectivity index is 1.75. The number of fused-ring (bicyclic) bond motifs is 1. The number of para-hydroxylation sites is 1. The summed E-state index contributed by atoms with van der Waals surface area (Å²) in [5.74, 6) is -0.729. The summed E-state index contributed by atoms with van der Waals surface area (Å²) in [7, 11) is 0. The summed E-state index contributed by atoms with van der Waals surface area (Å²) < 4.78 is 11.0. The summed E-state index contributed by atoms with van der Waals surface area (Å²) >= 11 is 0. The number of carbonyl (C=O) groups excluding carboxylic acids is 2. The van der Waals surface area contributed by atoms with Crippen molar-refractivity contribution in [3.63, 3.8) is 0 Å². The average Bonchev–Trinajstić information content (AvgIpc) is 2.97. The van der Waals surface area contributed by atoms with E-state index in [0.29, 0.717) is 16.7 Å². The standard InChI is InChI=1S/C23H24O4/c1-14-18-8-6-7-9-19(18)27-21(14)22(25)26-15(2)20(24)16-10-12-17(13-11-16)23(3,4)5/h6-13,15H,1-5H3/t15-/m0/s1. The molecule has 1 atom stereocenters. The van der Waals surface area contributed by atoms with Gasteiger partial charge in [0.05, 0.1) is 0 Å². The summed E-state index contributed by atoms with van der Waals surface area (Å²) in [6, 6.07) is 14.8. The first-order valence-corrected chi connectivity index (χ1v) is 9.02. The monoisotopic (exact) mass is 364 g/mol. The topological polar surface area (TPSA) is 56.5 Å². The molecule has 0 amide bonds. The van der Waals surface area contributed by atoms with Gasteiger partial charge in [0, 0.05) is 16.5 Å². The highest BCUT2D eigenvalue weighted by Gasteiger charge is 2.25. The Morgan fingerprint density at radius 1 is 1.00 bits per heavy atom. The number of furan rings is 1. The van der Waals surface area contributed by atoms with Crippen molar-refractivity contribution in [1.82, 2.24) is 0 Å². The van der Waals surface area contributed by atoms with Crippen molar-refractivity contribution in [1.29, 1.82) is 0 Å². The van der Waals surface area contributed by atoms with Crippen LogP contribution in [0.1, 0.15) is 59.7 Å². The molecule has 4 nitrogen and oxygen atoms in total. The lowest BCUT2D eigenvalue weighted by Crippen LogP contribution is -2.24. The average molecular weight is 364 g/mol. The van der Waals surface area contributed by atoms with Crippen LogP contribution in [0.15, 0.2) is 52.9 Å². The van der Waals surface area contributed by atoms with Crippen molar-refractivity contribution >= 4 is 22.7 Å². The zero-order chi connectivity index (χ0) is 19.8. The van der Waals surface area contributed by atoms with E-state index in [1.54, 1.807) is 32.0 Å². The Kier molecular flexibility index (Phi) is 4.92. The van der Waals surface area contributed by atoms with E-state index in [1.165, 1.54) is 0 Å². The first-order valence-electron chi connectivity index (χ1n) is 9.02. The number of hydrogen-bond acceptors (Lipinski definition) is 4. The predicted molar refractivity (Wildman–Crippen MR) is 105 cm³/mol. The van der Waals surface area contributed by atoms with Crippen molar-refractivity contribution in [2.45, 2.75) is 46.1 Å². The lowest BCUT2D eigenvalue weighted by atomic mass is 9.86. The van der Waals surface area contributed by atoms with Gasteiger partial charge in [0.1, 0.15) is 5.58 Å². The van der Waals surface area contributed by atoms with Gasteiger partial charge < -0.3 is 9.15 Å². The van der Waals surface area contributed by atoms with Crippen LogP contribution in [0.5, 0.6) is 0 Å². The molecule has 0 saturated carbocycles. The SMILES string of the molecule is Cc1c(C(=O)O[C@@H](C)C(=O)c2ccc(C(C)(C)C)cc2)oc2ccccc12. The van der Waals surface area contributed by atoms with Gasteiger partial charge >= 0.3 is 5.97 Å². The number of rotatable bonds is 4. The van der Waals surface area contributed by atoms with Crippen molar-refractivity contribution < 1.29 is 18.7 Å². The van der Waals surface area contributed by atoms with Crippen LogP contribution >= 0.6 is 0 Å². The summed E-state index contributed by atoms with van der Waals surface area (Å²) in [5.41, 5.74) is 3.01. The van der Waals surface area contributed by atoms with E-state index in [2.05, 4.69) is 20.8 Å². The number of benzene rings is 2. The molecule has 2 aromatic carbocycles. The zero-order valence-electron chi connectivity index (χ0n) is 16.3. The minimum Gasteiger partial charge on any atom is -0.449 e. The van der Waals surface area contributed by atoms with Gasteiger partial charge in [-0.2, -0.15) is 0 Å². The number of ether oxygens (including phenoxy) is 1. The molecule has 0 radical (unpaired) electrons. The second-order valence-electron chi connectivity index (χ2n) is 7.79. The largest absolute Gasteiger partial charge is 0.449 e. The number of carbonyl (C=O) groups is 2. The molecule has 0 bridgehead atoms. The first kappa shape index (κ1) is 18.9. The van der Waals surface area contributed by atoms with Gasteiger partial charge in [-0.05, 0) is 30.9 Å². The van der Waals surface area contributed by atoms with Crippen LogP contribution in [0.2, 0.25) is 0 Å². The highest BCUT2D eigenvalue weighted by atomic mass is 16.6. The zero-order valence-corrected chi connectivity index (χ0v) is 16.3. The van der Waals surface area contributed by atoms with Gasteiger partial charge in [-0.15, -0.1) is 0 Å². The molecule has 0 saturated heterocycles. The fourth-order valence-corrected chi connectivity index (χ4v) is 3.01. The maximum absolute atomic E-state index is 12.6. The normalized spacial score (nSPS) is 12.8. The smallest absolute Gasteiger partial charge is 0.375 e. The maximum atomic E-state index is 12.6. The number of Topliss-reactive ketones (excluding diaryl/α,β-unsaturated/α-hetero) is 1. The minimum atomic E-state index is -0.898. The molecule has 4 heteroatoms. The molecule has 0 fully saturated rings. The van der Waals surface area contributed by atoms with Crippen LogP contribution in [0.3, 0.4) is 0 Å². The molecule has 140 valence electrons. The highest BCUT2D eigenvalue weighted by Crippen LogP contribution is 2.26. The van der Waals surface area contributed by atoms with Gasteiger partial charge in [-0.25, -0.2) is 4.79 Å². The maximum Gasteiger partial charge on any atom is 0.375 e.